The Balaban J connectivity index is 1.23. The summed E-state index contributed by atoms with van der Waals surface area (Å²) in [6.45, 7) is 4.05. The van der Waals surface area contributed by atoms with Gasteiger partial charge in [0.25, 0.3) is 0 Å². The molecule has 1 saturated heterocycles. The van der Waals surface area contributed by atoms with Crippen LogP contribution in [-0.4, -0.2) is 57.1 Å². The minimum atomic E-state index is 0.141. The standard InChI is InChI=1S/C19H21N5O2S/c25-18(5-4-17-21-22-19(26-17)15-6-12-27-14-15)24-10-8-23(9-11-24)13-16-3-1-2-7-20-16/h1-3,6-7,12,14H,4-5,8-11,13H2. The second-order valence-electron chi connectivity index (χ2n) is 6.49. The summed E-state index contributed by atoms with van der Waals surface area (Å²) in [4.78, 5) is 21.1. The van der Waals surface area contributed by atoms with Gasteiger partial charge in [-0.2, -0.15) is 11.3 Å². The van der Waals surface area contributed by atoms with E-state index in [0.717, 1.165) is 44.0 Å². The molecule has 1 aliphatic heterocycles. The molecule has 1 amide bonds. The van der Waals surface area contributed by atoms with Crippen LogP contribution < -0.4 is 0 Å². The lowest BCUT2D eigenvalue weighted by Crippen LogP contribution is -2.48. The number of aryl methyl sites for hydroxylation is 1. The molecule has 0 N–H and O–H groups in total. The second-order valence-corrected chi connectivity index (χ2v) is 7.27. The fourth-order valence-corrected chi connectivity index (χ4v) is 3.74. The van der Waals surface area contributed by atoms with E-state index in [9.17, 15) is 4.79 Å². The van der Waals surface area contributed by atoms with E-state index in [-0.39, 0.29) is 5.91 Å². The number of nitrogens with zero attached hydrogens (tertiary/aromatic N) is 5. The number of hydrogen-bond acceptors (Lipinski definition) is 7. The van der Waals surface area contributed by atoms with Crippen molar-refractivity contribution in [1.29, 1.82) is 0 Å². The number of amides is 1. The molecule has 3 aromatic rings. The van der Waals surface area contributed by atoms with E-state index in [0.29, 0.717) is 24.6 Å². The van der Waals surface area contributed by atoms with Crippen LogP contribution in [0.25, 0.3) is 11.5 Å². The molecule has 1 fully saturated rings. The Kier molecular flexibility index (Phi) is 5.55. The highest BCUT2D eigenvalue weighted by Gasteiger charge is 2.21. The molecule has 27 heavy (non-hydrogen) atoms. The lowest BCUT2D eigenvalue weighted by Gasteiger charge is -2.34. The van der Waals surface area contributed by atoms with Crippen LogP contribution >= 0.6 is 11.3 Å². The maximum Gasteiger partial charge on any atom is 0.248 e. The van der Waals surface area contributed by atoms with Crippen LogP contribution in [0.3, 0.4) is 0 Å². The van der Waals surface area contributed by atoms with Crippen LogP contribution in [0.4, 0.5) is 0 Å². The van der Waals surface area contributed by atoms with E-state index in [2.05, 4.69) is 20.1 Å². The number of aromatic nitrogens is 3. The third-order valence-electron chi connectivity index (χ3n) is 4.62. The van der Waals surface area contributed by atoms with Gasteiger partial charge in [0.05, 0.1) is 5.69 Å². The number of hydrogen-bond donors (Lipinski definition) is 0. The van der Waals surface area contributed by atoms with Crippen molar-refractivity contribution in [3.8, 4) is 11.5 Å². The summed E-state index contributed by atoms with van der Waals surface area (Å²) in [7, 11) is 0. The van der Waals surface area contributed by atoms with Crippen LogP contribution in [0.15, 0.2) is 45.6 Å². The van der Waals surface area contributed by atoms with Gasteiger partial charge in [-0.15, -0.1) is 10.2 Å². The highest BCUT2D eigenvalue weighted by Crippen LogP contribution is 2.21. The predicted octanol–water partition coefficient (Wildman–Crippen LogP) is 2.47. The molecule has 8 heteroatoms. The van der Waals surface area contributed by atoms with Gasteiger partial charge >= 0.3 is 0 Å². The lowest BCUT2D eigenvalue weighted by molar-refractivity contribution is -0.133. The zero-order valence-electron chi connectivity index (χ0n) is 15.0. The third kappa shape index (κ3) is 4.58. The Labute approximate surface area is 161 Å². The summed E-state index contributed by atoms with van der Waals surface area (Å²) in [6, 6.07) is 7.90. The first-order chi connectivity index (χ1) is 13.3. The van der Waals surface area contributed by atoms with Gasteiger partial charge in [-0.05, 0) is 23.6 Å². The summed E-state index contributed by atoms with van der Waals surface area (Å²) in [5.41, 5.74) is 1.99. The van der Waals surface area contributed by atoms with Crippen molar-refractivity contribution in [3.63, 3.8) is 0 Å². The maximum absolute atomic E-state index is 12.5. The zero-order valence-corrected chi connectivity index (χ0v) is 15.8. The zero-order chi connectivity index (χ0) is 18.5. The summed E-state index contributed by atoms with van der Waals surface area (Å²) >= 11 is 1.58. The average Bonchev–Trinajstić information content (AvgIpc) is 3.39. The van der Waals surface area contributed by atoms with E-state index in [4.69, 9.17) is 4.42 Å². The first-order valence-corrected chi connectivity index (χ1v) is 9.97. The average molecular weight is 383 g/mol. The fraction of sp³-hybridized carbons (Fsp3) is 0.368. The smallest absolute Gasteiger partial charge is 0.248 e. The molecule has 140 valence electrons. The molecule has 4 heterocycles. The number of pyridine rings is 1. The van der Waals surface area contributed by atoms with Gasteiger partial charge in [0.1, 0.15) is 0 Å². The number of piperazine rings is 1. The molecular weight excluding hydrogens is 362 g/mol. The van der Waals surface area contributed by atoms with Crippen LogP contribution in [0.1, 0.15) is 18.0 Å². The molecule has 4 rings (SSSR count). The number of rotatable bonds is 6. The first-order valence-electron chi connectivity index (χ1n) is 9.03. The number of carbonyl (C=O) groups excluding carboxylic acids is 1. The predicted molar refractivity (Wildman–Crippen MR) is 102 cm³/mol. The highest BCUT2D eigenvalue weighted by atomic mass is 32.1. The van der Waals surface area contributed by atoms with Crippen LogP contribution in [0.5, 0.6) is 0 Å². The van der Waals surface area contributed by atoms with Gasteiger partial charge < -0.3 is 9.32 Å². The Hall–Kier alpha value is -2.58. The minimum absolute atomic E-state index is 0.141. The minimum Gasteiger partial charge on any atom is -0.421 e. The number of carbonyl (C=O) groups is 1. The van der Waals surface area contributed by atoms with Gasteiger partial charge in [0, 0.05) is 62.7 Å². The van der Waals surface area contributed by atoms with Crippen molar-refractivity contribution in [3.05, 3.63) is 52.8 Å². The molecule has 0 spiro atoms. The Morgan fingerprint density at radius 3 is 2.78 bits per heavy atom. The molecule has 0 atom stereocenters. The third-order valence-corrected chi connectivity index (χ3v) is 5.31. The fourth-order valence-electron chi connectivity index (χ4n) is 3.11. The van der Waals surface area contributed by atoms with Crippen LogP contribution in [-0.2, 0) is 17.8 Å². The van der Waals surface area contributed by atoms with Crippen LogP contribution in [0.2, 0.25) is 0 Å². The van der Waals surface area contributed by atoms with Crippen molar-refractivity contribution in [2.45, 2.75) is 19.4 Å². The molecule has 0 aliphatic carbocycles. The molecule has 3 aromatic heterocycles. The van der Waals surface area contributed by atoms with Gasteiger partial charge in [0.15, 0.2) is 0 Å². The monoisotopic (exact) mass is 383 g/mol. The molecule has 0 bridgehead atoms. The van der Waals surface area contributed by atoms with Gasteiger partial charge in [-0.25, -0.2) is 0 Å². The second kappa shape index (κ2) is 8.41. The Morgan fingerprint density at radius 2 is 2.04 bits per heavy atom. The summed E-state index contributed by atoms with van der Waals surface area (Å²) < 4.78 is 5.65. The van der Waals surface area contributed by atoms with E-state index >= 15 is 0 Å². The molecule has 0 unspecified atom stereocenters. The molecular formula is C19H21N5O2S. The summed E-state index contributed by atoms with van der Waals surface area (Å²) in [5.74, 6) is 1.17. The van der Waals surface area contributed by atoms with E-state index in [1.54, 1.807) is 11.3 Å². The molecule has 1 aliphatic rings. The van der Waals surface area contributed by atoms with Gasteiger partial charge in [0.2, 0.25) is 17.7 Å². The van der Waals surface area contributed by atoms with Crippen molar-refractivity contribution >= 4 is 17.2 Å². The topological polar surface area (TPSA) is 75.4 Å². The van der Waals surface area contributed by atoms with Crippen LogP contribution in [0, 0.1) is 0 Å². The molecule has 0 aromatic carbocycles. The molecule has 0 radical (unpaired) electrons. The summed E-state index contributed by atoms with van der Waals surface area (Å²) in [6.07, 6.45) is 2.69. The summed E-state index contributed by atoms with van der Waals surface area (Å²) in [5, 5.41) is 12.0. The maximum atomic E-state index is 12.5. The molecule has 7 nitrogen and oxygen atoms in total. The quantitative estimate of drug-likeness (QED) is 0.651. The lowest BCUT2D eigenvalue weighted by atomic mass is 10.2. The largest absolute Gasteiger partial charge is 0.421 e. The Morgan fingerprint density at radius 1 is 1.15 bits per heavy atom. The van der Waals surface area contributed by atoms with E-state index in [1.165, 1.54) is 0 Å². The van der Waals surface area contributed by atoms with Crippen molar-refractivity contribution in [1.82, 2.24) is 25.0 Å². The van der Waals surface area contributed by atoms with E-state index in [1.807, 2.05) is 46.1 Å². The van der Waals surface area contributed by atoms with Crippen molar-refractivity contribution in [2.75, 3.05) is 26.2 Å². The SMILES string of the molecule is O=C(CCc1nnc(-c2ccsc2)o1)N1CCN(Cc2ccccn2)CC1. The number of thiophene rings is 1. The first kappa shape index (κ1) is 17.8. The van der Waals surface area contributed by atoms with Gasteiger partial charge in [-0.1, -0.05) is 6.07 Å². The molecule has 0 saturated carbocycles. The van der Waals surface area contributed by atoms with Crippen molar-refractivity contribution in [2.24, 2.45) is 0 Å². The highest BCUT2D eigenvalue weighted by molar-refractivity contribution is 7.08. The van der Waals surface area contributed by atoms with Gasteiger partial charge in [-0.3, -0.25) is 14.7 Å². The van der Waals surface area contributed by atoms with Crippen molar-refractivity contribution < 1.29 is 9.21 Å². The van der Waals surface area contributed by atoms with E-state index < -0.39 is 0 Å². The normalized spacial score (nSPS) is 15.2. The Bertz CT molecular complexity index is 857.